The van der Waals surface area contributed by atoms with E-state index in [0.29, 0.717) is 19.8 Å². The summed E-state index contributed by atoms with van der Waals surface area (Å²) in [5.41, 5.74) is 0. The van der Waals surface area contributed by atoms with Gasteiger partial charge in [-0.05, 0) is 0 Å². The molecule has 16 valence electrons. The van der Waals surface area contributed by atoms with Crippen LogP contribution >= 0.6 is 0 Å². The van der Waals surface area contributed by atoms with Crippen molar-refractivity contribution in [3.63, 3.8) is 0 Å². The van der Waals surface area contributed by atoms with E-state index in [9.17, 15) is 0 Å². The fourth-order valence-electron chi connectivity index (χ4n) is 0. The van der Waals surface area contributed by atoms with Crippen molar-refractivity contribution in [1.29, 1.82) is 0 Å². The summed E-state index contributed by atoms with van der Waals surface area (Å²) in [4.78, 5) is 0. The van der Waals surface area contributed by atoms with Gasteiger partial charge in [-0.1, -0.05) is 0 Å². The summed E-state index contributed by atoms with van der Waals surface area (Å²) < 4.78 is 8.33. The van der Waals surface area contributed by atoms with Gasteiger partial charge in [0.05, 0.1) is 0 Å². The van der Waals surface area contributed by atoms with Crippen molar-refractivity contribution in [1.82, 2.24) is 0 Å². The van der Waals surface area contributed by atoms with Crippen molar-refractivity contribution < 1.29 is 23.2 Å². The normalized spacial score (nSPS) is 1.00. The van der Waals surface area contributed by atoms with Gasteiger partial charge >= 0.3 is 23.2 Å². The molecule has 0 rings (SSSR count). The van der Waals surface area contributed by atoms with Crippen LogP contribution in [0.25, 0.3) is 0 Å². The fraction of sp³-hybridized carbons (Fsp3) is 0. The standard InChI is InChI=1S/Ba.Ca.O.W. The molecule has 0 amide bonds. The van der Waals surface area contributed by atoms with Crippen LogP contribution in [0.4, 0.5) is 0 Å². The van der Waals surface area contributed by atoms with E-state index in [2.05, 4.69) is 0 Å². The first-order valence-electron chi connectivity index (χ1n) is 0.167. The van der Waals surface area contributed by atoms with Crippen LogP contribution in [0.15, 0.2) is 0 Å². The average Bonchev–Trinajstić information content (AvgIpc) is 1.00. The van der Waals surface area contributed by atoms with Gasteiger partial charge in [0.2, 0.25) is 0 Å². The van der Waals surface area contributed by atoms with Crippen molar-refractivity contribution in [2.75, 3.05) is 0 Å². The van der Waals surface area contributed by atoms with Gasteiger partial charge in [0.25, 0.3) is 0 Å². The molecule has 4 heavy (non-hydrogen) atoms. The first kappa shape index (κ1) is 15.7. The Kier molecular flexibility index (Phi) is 63.6. The second kappa shape index (κ2) is 16.2. The molecule has 1 nitrogen and oxygen atoms in total. The van der Waals surface area contributed by atoms with Crippen molar-refractivity contribution >= 4 is 86.6 Å². The van der Waals surface area contributed by atoms with Gasteiger partial charge < -0.3 is 0 Å². The molecule has 0 spiro atoms. The second-order valence-electron chi connectivity index (χ2n) is 0. The molecule has 0 aromatic heterocycles. The summed E-state index contributed by atoms with van der Waals surface area (Å²) in [6, 6.07) is 0. The van der Waals surface area contributed by atoms with Gasteiger partial charge in [-0.2, -0.15) is 0 Å². The maximum atomic E-state index is 8.33. The molecule has 0 saturated carbocycles. The minimum atomic E-state index is 0. The molecule has 4 radical (unpaired) electrons. The molecular formula is BaCaOW. The molecule has 0 saturated heterocycles. The van der Waals surface area contributed by atoms with E-state index in [1.54, 1.807) is 0 Å². The number of hydrogen-bond donors (Lipinski definition) is 0. The predicted molar refractivity (Wildman–Crippen MR) is 12.2 cm³/mol. The molecule has 0 aliphatic heterocycles. The van der Waals surface area contributed by atoms with Crippen LogP contribution in [-0.2, 0) is 23.2 Å². The van der Waals surface area contributed by atoms with Crippen LogP contribution in [0.1, 0.15) is 0 Å². The summed E-state index contributed by atoms with van der Waals surface area (Å²) in [6.07, 6.45) is 0. The zero-order valence-electron chi connectivity index (χ0n) is 2.23. The molecule has 0 N–H and O–H groups in total. The molecular weight excluding hydrogens is 377 g/mol. The Morgan fingerprint density at radius 2 is 1.25 bits per heavy atom. The predicted octanol–water partition coefficient (Wildman–Crippen LogP) is -0.883. The SMILES string of the molecule is [Ba].[Ca].[O]=[W]. The van der Waals surface area contributed by atoms with Crippen molar-refractivity contribution in [2.24, 2.45) is 0 Å². The van der Waals surface area contributed by atoms with Crippen molar-refractivity contribution in [2.45, 2.75) is 0 Å². The van der Waals surface area contributed by atoms with Crippen LogP contribution in [-0.4, -0.2) is 86.6 Å². The Hall–Kier alpha value is 3.32. The molecule has 0 atom stereocenters. The van der Waals surface area contributed by atoms with Crippen molar-refractivity contribution in [3.05, 3.63) is 0 Å². The summed E-state index contributed by atoms with van der Waals surface area (Å²) in [5, 5.41) is 0. The first-order chi connectivity index (χ1) is 1.00. The maximum absolute atomic E-state index is 8.33. The van der Waals surface area contributed by atoms with E-state index >= 15 is 0 Å². The van der Waals surface area contributed by atoms with Gasteiger partial charge in [-0.15, -0.1) is 0 Å². The summed E-state index contributed by atoms with van der Waals surface area (Å²) in [6.45, 7) is 0. The zero-order chi connectivity index (χ0) is 2.00. The van der Waals surface area contributed by atoms with Gasteiger partial charge in [0, 0.05) is 86.6 Å². The number of hydrogen-bond acceptors (Lipinski definition) is 1. The zero-order valence-corrected chi connectivity index (χ0v) is 11.8. The monoisotopic (exact) mass is 378 g/mol. The Morgan fingerprint density at radius 1 is 1.25 bits per heavy atom. The molecule has 0 aliphatic rings. The van der Waals surface area contributed by atoms with E-state index in [1.807, 2.05) is 0 Å². The van der Waals surface area contributed by atoms with E-state index in [1.165, 1.54) is 0 Å². The third kappa shape index (κ3) is 9.01. The first-order valence-corrected chi connectivity index (χ1v) is 1.36. The minimum absolute atomic E-state index is 0. The Morgan fingerprint density at radius 3 is 1.25 bits per heavy atom. The molecule has 0 unspecified atom stereocenters. The fourth-order valence-corrected chi connectivity index (χ4v) is 0. The topological polar surface area (TPSA) is 17.1 Å². The third-order valence-corrected chi connectivity index (χ3v) is 0. The van der Waals surface area contributed by atoms with Crippen LogP contribution in [0, 0.1) is 0 Å². The van der Waals surface area contributed by atoms with Gasteiger partial charge in [0.15, 0.2) is 0 Å². The summed E-state index contributed by atoms with van der Waals surface area (Å²) in [7, 11) is 0. The van der Waals surface area contributed by atoms with E-state index in [-0.39, 0.29) is 86.6 Å². The molecule has 0 heterocycles. The van der Waals surface area contributed by atoms with Crippen LogP contribution in [0.3, 0.4) is 0 Å². The molecule has 0 bridgehead atoms. The Balaban J connectivity index is -0.00000000500. The van der Waals surface area contributed by atoms with Crippen molar-refractivity contribution in [3.8, 4) is 0 Å². The van der Waals surface area contributed by atoms with E-state index in [0.717, 1.165) is 0 Å². The van der Waals surface area contributed by atoms with Gasteiger partial charge in [-0.3, -0.25) is 0 Å². The third-order valence-electron chi connectivity index (χ3n) is 0. The Bertz CT molecular complexity index is 8.00. The average molecular weight is 377 g/mol. The summed E-state index contributed by atoms with van der Waals surface area (Å²) in [5.74, 6) is 0. The van der Waals surface area contributed by atoms with Gasteiger partial charge in [-0.25, -0.2) is 0 Å². The molecule has 0 fully saturated rings. The summed E-state index contributed by atoms with van der Waals surface area (Å²) >= 11 is 0.333. The quantitative estimate of drug-likeness (QED) is 0.501. The van der Waals surface area contributed by atoms with Crippen LogP contribution in [0.5, 0.6) is 0 Å². The second-order valence-corrected chi connectivity index (χ2v) is 0. The van der Waals surface area contributed by atoms with E-state index in [4.69, 9.17) is 3.40 Å². The molecule has 0 aliphatic carbocycles. The van der Waals surface area contributed by atoms with Crippen LogP contribution < -0.4 is 0 Å². The Labute approximate surface area is 107 Å². The number of rotatable bonds is 0. The van der Waals surface area contributed by atoms with E-state index < -0.39 is 0 Å². The molecule has 0 aromatic rings. The van der Waals surface area contributed by atoms with Crippen LogP contribution in [0.2, 0.25) is 0 Å². The molecule has 0 aromatic carbocycles. The van der Waals surface area contributed by atoms with Gasteiger partial charge in [0.1, 0.15) is 0 Å². The molecule has 4 heteroatoms.